The minimum atomic E-state index is -0.458. The van der Waals surface area contributed by atoms with Crippen LogP contribution in [0.25, 0.3) is 0 Å². The SMILES string of the molecule is CC(=O)SCC#Cc1ccc(F)cc1C#N. The molecule has 1 aromatic carbocycles. The van der Waals surface area contributed by atoms with Crippen LogP contribution in [0.1, 0.15) is 18.1 Å². The molecule has 1 rings (SSSR count). The van der Waals surface area contributed by atoms with Gasteiger partial charge in [0.1, 0.15) is 11.9 Å². The Morgan fingerprint density at radius 2 is 2.25 bits per heavy atom. The number of thioether (sulfide) groups is 1. The molecular formula is C12H8FNOS. The van der Waals surface area contributed by atoms with Gasteiger partial charge in [-0.25, -0.2) is 4.39 Å². The maximum absolute atomic E-state index is 12.8. The topological polar surface area (TPSA) is 40.9 Å². The zero-order valence-corrected chi connectivity index (χ0v) is 9.40. The van der Waals surface area contributed by atoms with Gasteiger partial charge in [0.25, 0.3) is 0 Å². The molecule has 0 atom stereocenters. The lowest BCUT2D eigenvalue weighted by Crippen LogP contribution is -1.86. The van der Waals surface area contributed by atoms with E-state index in [0.717, 1.165) is 17.8 Å². The van der Waals surface area contributed by atoms with Crippen LogP contribution in [-0.4, -0.2) is 10.9 Å². The van der Waals surface area contributed by atoms with E-state index in [1.54, 1.807) is 0 Å². The highest BCUT2D eigenvalue weighted by atomic mass is 32.2. The molecule has 0 aliphatic carbocycles. The van der Waals surface area contributed by atoms with Crippen molar-refractivity contribution in [1.82, 2.24) is 0 Å². The van der Waals surface area contributed by atoms with Crippen molar-refractivity contribution in [3.05, 3.63) is 35.1 Å². The Morgan fingerprint density at radius 3 is 2.88 bits per heavy atom. The average molecular weight is 233 g/mol. The molecule has 80 valence electrons. The van der Waals surface area contributed by atoms with Crippen LogP contribution in [0, 0.1) is 29.0 Å². The minimum Gasteiger partial charge on any atom is -0.288 e. The number of nitrogens with zero attached hydrogens (tertiary/aromatic N) is 1. The molecule has 0 aliphatic rings. The van der Waals surface area contributed by atoms with Gasteiger partial charge in [-0.05, 0) is 18.2 Å². The van der Waals surface area contributed by atoms with Crippen molar-refractivity contribution in [2.45, 2.75) is 6.92 Å². The maximum atomic E-state index is 12.8. The second kappa shape index (κ2) is 5.95. The fourth-order valence-electron chi connectivity index (χ4n) is 0.987. The van der Waals surface area contributed by atoms with Crippen molar-refractivity contribution < 1.29 is 9.18 Å². The first-order valence-electron chi connectivity index (χ1n) is 4.45. The molecule has 0 aliphatic heterocycles. The molecule has 0 fully saturated rings. The van der Waals surface area contributed by atoms with Gasteiger partial charge in [0, 0.05) is 12.5 Å². The van der Waals surface area contributed by atoms with Gasteiger partial charge in [0.15, 0.2) is 5.12 Å². The van der Waals surface area contributed by atoms with Crippen LogP contribution in [0.5, 0.6) is 0 Å². The number of nitriles is 1. The van der Waals surface area contributed by atoms with Gasteiger partial charge in [-0.3, -0.25) is 4.79 Å². The van der Waals surface area contributed by atoms with Crippen LogP contribution in [0.3, 0.4) is 0 Å². The fraction of sp³-hybridized carbons (Fsp3) is 0.167. The molecule has 0 aromatic heterocycles. The highest BCUT2D eigenvalue weighted by Gasteiger charge is 2.00. The first-order valence-corrected chi connectivity index (χ1v) is 5.44. The van der Waals surface area contributed by atoms with Crippen molar-refractivity contribution in [2.24, 2.45) is 0 Å². The summed E-state index contributed by atoms with van der Waals surface area (Å²) in [4.78, 5) is 10.6. The van der Waals surface area contributed by atoms with Gasteiger partial charge in [-0.15, -0.1) is 0 Å². The fourth-order valence-corrected chi connectivity index (χ4v) is 1.33. The molecule has 0 amide bonds. The minimum absolute atomic E-state index is 0.00564. The average Bonchev–Trinajstić information content (AvgIpc) is 2.25. The van der Waals surface area contributed by atoms with E-state index in [2.05, 4.69) is 11.8 Å². The molecule has 4 heteroatoms. The van der Waals surface area contributed by atoms with Crippen LogP contribution in [0.15, 0.2) is 18.2 Å². The van der Waals surface area contributed by atoms with Gasteiger partial charge in [-0.2, -0.15) is 5.26 Å². The second-order valence-corrected chi connectivity index (χ2v) is 4.04. The number of rotatable bonds is 1. The van der Waals surface area contributed by atoms with Gasteiger partial charge in [0.05, 0.1) is 11.3 Å². The molecule has 16 heavy (non-hydrogen) atoms. The van der Waals surface area contributed by atoms with Crippen LogP contribution in [0.2, 0.25) is 0 Å². The second-order valence-electron chi connectivity index (χ2n) is 2.88. The molecule has 0 saturated carbocycles. The number of carbonyl (C=O) groups is 1. The summed E-state index contributed by atoms with van der Waals surface area (Å²) in [7, 11) is 0. The van der Waals surface area contributed by atoms with E-state index in [9.17, 15) is 9.18 Å². The van der Waals surface area contributed by atoms with E-state index >= 15 is 0 Å². The van der Waals surface area contributed by atoms with Crippen molar-refractivity contribution in [3.63, 3.8) is 0 Å². The number of benzene rings is 1. The summed E-state index contributed by atoms with van der Waals surface area (Å²) < 4.78 is 12.8. The summed E-state index contributed by atoms with van der Waals surface area (Å²) in [6.45, 7) is 1.46. The molecule has 0 unspecified atom stereocenters. The quantitative estimate of drug-likeness (QED) is 0.699. The molecule has 0 radical (unpaired) electrons. The smallest absolute Gasteiger partial charge is 0.186 e. The van der Waals surface area contributed by atoms with Crippen LogP contribution in [0.4, 0.5) is 4.39 Å². The zero-order valence-electron chi connectivity index (χ0n) is 8.58. The van der Waals surface area contributed by atoms with E-state index < -0.39 is 5.82 Å². The third kappa shape index (κ3) is 3.76. The van der Waals surface area contributed by atoms with Gasteiger partial charge < -0.3 is 0 Å². The monoisotopic (exact) mass is 233 g/mol. The third-order valence-corrected chi connectivity index (χ3v) is 2.37. The molecule has 0 spiro atoms. The Kier molecular flexibility index (Phi) is 4.57. The molecule has 0 saturated heterocycles. The Labute approximate surface area is 97.5 Å². The van der Waals surface area contributed by atoms with E-state index in [0.29, 0.717) is 11.3 Å². The highest BCUT2D eigenvalue weighted by molar-refractivity contribution is 8.13. The lowest BCUT2D eigenvalue weighted by atomic mass is 10.1. The first-order chi connectivity index (χ1) is 7.63. The summed E-state index contributed by atoms with van der Waals surface area (Å²) in [5, 5.41) is 8.74. The summed E-state index contributed by atoms with van der Waals surface area (Å²) >= 11 is 1.10. The standard InChI is InChI=1S/C12H8FNOS/c1-9(15)16-6-2-3-10-4-5-12(13)7-11(10)8-14/h4-5,7H,6H2,1H3. The van der Waals surface area contributed by atoms with Gasteiger partial charge in [-0.1, -0.05) is 23.6 Å². The summed E-state index contributed by atoms with van der Waals surface area (Å²) in [6, 6.07) is 5.72. The van der Waals surface area contributed by atoms with E-state index in [1.165, 1.54) is 19.1 Å². The van der Waals surface area contributed by atoms with E-state index in [-0.39, 0.29) is 10.7 Å². The Morgan fingerprint density at radius 1 is 1.50 bits per heavy atom. The number of halogens is 1. The van der Waals surface area contributed by atoms with Crippen molar-refractivity contribution >= 4 is 16.9 Å². The van der Waals surface area contributed by atoms with Gasteiger partial charge in [0.2, 0.25) is 0 Å². The third-order valence-electron chi connectivity index (χ3n) is 1.67. The number of carbonyl (C=O) groups excluding carboxylic acids is 1. The van der Waals surface area contributed by atoms with Crippen LogP contribution < -0.4 is 0 Å². The molecule has 0 heterocycles. The molecule has 0 bridgehead atoms. The van der Waals surface area contributed by atoms with E-state index in [4.69, 9.17) is 5.26 Å². The molecular weight excluding hydrogens is 225 g/mol. The molecule has 0 N–H and O–H groups in total. The first kappa shape index (κ1) is 12.3. The number of hydrogen-bond acceptors (Lipinski definition) is 3. The predicted molar refractivity (Wildman–Crippen MR) is 61.1 cm³/mol. The van der Waals surface area contributed by atoms with Crippen LogP contribution in [-0.2, 0) is 4.79 Å². The Hall–Kier alpha value is -1.78. The number of hydrogen-bond donors (Lipinski definition) is 0. The zero-order chi connectivity index (χ0) is 12.0. The Balaban J connectivity index is 2.81. The normalized spacial score (nSPS) is 8.81. The highest BCUT2D eigenvalue weighted by Crippen LogP contribution is 2.09. The maximum Gasteiger partial charge on any atom is 0.186 e. The van der Waals surface area contributed by atoms with Crippen molar-refractivity contribution in [2.75, 3.05) is 5.75 Å². The summed E-state index contributed by atoms with van der Waals surface area (Å²) in [5.41, 5.74) is 0.688. The molecule has 1 aromatic rings. The predicted octanol–water partition coefficient (Wildman–Crippen LogP) is 2.33. The van der Waals surface area contributed by atoms with Gasteiger partial charge >= 0.3 is 0 Å². The van der Waals surface area contributed by atoms with Crippen molar-refractivity contribution in [1.29, 1.82) is 5.26 Å². The summed E-state index contributed by atoms with van der Waals surface area (Å²) in [5.74, 6) is 5.39. The van der Waals surface area contributed by atoms with E-state index in [1.807, 2.05) is 6.07 Å². The summed E-state index contributed by atoms with van der Waals surface area (Å²) in [6.07, 6.45) is 0. The largest absolute Gasteiger partial charge is 0.288 e. The van der Waals surface area contributed by atoms with Crippen molar-refractivity contribution in [3.8, 4) is 17.9 Å². The lowest BCUT2D eigenvalue weighted by molar-refractivity contribution is -0.109. The van der Waals surface area contributed by atoms with Crippen LogP contribution >= 0.6 is 11.8 Å². The lowest BCUT2D eigenvalue weighted by Gasteiger charge is -1.94. The Bertz CT molecular complexity index is 508. The molecule has 2 nitrogen and oxygen atoms in total.